The quantitative estimate of drug-likeness (QED) is 0.752. The SMILES string of the molecule is CCNC(CCOC1COC1)(C(=O)O)c1ccccc1. The fourth-order valence-electron chi connectivity index (χ4n) is 2.35. The van der Waals surface area contributed by atoms with Gasteiger partial charge in [-0.1, -0.05) is 37.3 Å². The van der Waals surface area contributed by atoms with Crippen molar-refractivity contribution < 1.29 is 19.4 Å². The molecular weight excluding hydrogens is 258 g/mol. The molecule has 0 bridgehead atoms. The Hall–Kier alpha value is -1.43. The van der Waals surface area contributed by atoms with E-state index in [1.54, 1.807) is 0 Å². The van der Waals surface area contributed by atoms with Crippen LogP contribution in [0.15, 0.2) is 30.3 Å². The number of rotatable bonds is 8. The molecule has 2 N–H and O–H groups in total. The van der Waals surface area contributed by atoms with E-state index in [9.17, 15) is 9.90 Å². The van der Waals surface area contributed by atoms with Crippen LogP contribution < -0.4 is 5.32 Å². The van der Waals surface area contributed by atoms with Crippen molar-refractivity contribution in [1.29, 1.82) is 0 Å². The Morgan fingerprint density at radius 2 is 2.15 bits per heavy atom. The van der Waals surface area contributed by atoms with Crippen molar-refractivity contribution in [3.63, 3.8) is 0 Å². The number of aliphatic carboxylic acids is 1. The van der Waals surface area contributed by atoms with Gasteiger partial charge < -0.3 is 14.6 Å². The van der Waals surface area contributed by atoms with Crippen LogP contribution in [-0.2, 0) is 19.8 Å². The van der Waals surface area contributed by atoms with Crippen LogP contribution in [0, 0.1) is 0 Å². The highest BCUT2D eigenvalue weighted by molar-refractivity contribution is 5.80. The molecule has 110 valence electrons. The second-order valence-electron chi connectivity index (χ2n) is 4.89. The van der Waals surface area contributed by atoms with E-state index < -0.39 is 11.5 Å². The predicted octanol–water partition coefficient (Wildman–Crippen LogP) is 1.38. The van der Waals surface area contributed by atoms with Crippen LogP contribution in [0.3, 0.4) is 0 Å². The predicted molar refractivity (Wildman–Crippen MR) is 74.6 cm³/mol. The molecule has 0 aliphatic carbocycles. The average molecular weight is 279 g/mol. The number of carboxylic acids is 1. The lowest BCUT2D eigenvalue weighted by atomic mass is 9.86. The molecule has 5 nitrogen and oxygen atoms in total. The molecule has 0 saturated carbocycles. The van der Waals surface area contributed by atoms with Gasteiger partial charge in [0.05, 0.1) is 13.2 Å². The summed E-state index contributed by atoms with van der Waals surface area (Å²) >= 11 is 0. The molecule has 0 spiro atoms. The van der Waals surface area contributed by atoms with Gasteiger partial charge in [0.25, 0.3) is 0 Å². The number of benzene rings is 1. The number of hydrogen-bond acceptors (Lipinski definition) is 4. The summed E-state index contributed by atoms with van der Waals surface area (Å²) in [5.74, 6) is -0.876. The number of carbonyl (C=O) groups is 1. The number of likely N-dealkylation sites (N-methyl/N-ethyl adjacent to an activating group) is 1. The zero-order valence-corrected chi connectivity index (χ0v) is 11.7. The number of nitrogens with one attached hydrogen (secondary N) is 1. The molecule has 1 fully saturated rings. The minimum atomic E-state index is -1.10. The Morgan fingerprint density at radius 1 is 1.45 bits per heavy atom. The molecular formula is C15H21NO4. The van der Waals surface area contributed by atoms with Crippen molar-refractivity contribution in [2.24, 2.45) is 0 Å². The van der Waals surface area contributed by atoms with Gasteiger partial charge in [0.15, 0.2) is 0 Å². The Morgan fingerprint density at radius 3 is 2.65 bits per heavy atom. The molecule has 1 aliphatic heterocycles. The highest BCUT2D eigenvalue weighted by atomic mass is 16.6. The minimum Gasteiger partial charge on any atom is -0.480 e. The Kier molecular flexibility index (Phi) is 5.11. The number of hydrogen-bond donors (Lipinski definition) is 2. The summed E-state index contributed by atoms with van der Waals surface area (Å²) in [6, 6.07) is 9.26. The van der Waals surface area contributed by atoms with Crippen LogP contribution in [0.2, 0.25) is 0 Å². The van der Waals surface area contributed by atoms with Crippen LogP contribution in [0.5, 0.6) is 0 Å². The highest BCUT2D eigenvalue weighted by Gasteiger charge is 2.39. The van der Waals surface area contributed by atoms with Gasteiger partial charge in [-0.05, 0) is 12.1 Å². The van der Waals surface area contributed by atoms with E-state index in [0.717, 1.165) is 5.56 Å². The largest absolute Gasteiger partial charge is 0.480 e. The van der Waals surface area contributed by atoms with Crippen LogP contribution in [0.25, 0.3) is 0 Å². The second kappa shape index (κ2) is 6.83. The molecule has 1 heterocycles. The molecule has 2 rings (SSSR count). The summed E-state index contributed by atoms with van der Waals surface area (Å²) in [7, 11) is 0. The van der Waals surface area contributed by atoms with E-state index in [0.29, 0.717) is 32.8 Å². The zero-order chi connectivity index (χ0) is 14.4. The molecule has 5 heteroatoms. The van der Waals surface area contributed by atoms with E-state index in [-0.39, 0.29) is 6.10 Å². The maximum absolute atomic E-state index is 11.8. The van der Waals surface area contributed by atoms with Crippen LogP contribution >= 0.6 is 0 Å². The van der Waals surface area contributed by atoms with Gasteiger partial charge in [0.2, 0.25) is 0 Å². The van der Waals surface area contributed by atoms with Gasteiger partial charge >= 0.3 is 5.97 Å². The van der Waals surface area contributed by atoms with Crippen molar-refractivity contribution in [2.45, 2.75) is 25.0 Å². The molecule has 0 amide bonds. The average Bonchev–Trinajstić information content (AvgIpc) is 2.41. The number of ether oxygens (including phenoxy) is 2. The molecule has 1 unspecified atom stereocenters. The number of carboxylic acid groups (broad SMARTS) is 1. The van der Waals surface area contributed by atoms with Gasteiger partial charge in [0.1, 0.15) is 11.6 Å². The molecule has 1 aromatic rings. The summed E-state index contributed by atoms with van der Waals surface area (Å²) in [4.78, 5) is 11.8. The topological polar surface area (TPSA) is 67.8 Å². The first-order valence-corrected chi connectivity index (χ1v) is 6.92. The molecule has 0 radical (unpaired) electrons. The lowest BCUT2D eigenvalue weighted by Gasteiger charge is -2.32. The van der Waals surface area contributed by atoms with Crippen molar-refractivity contribution in [3.05, 3.63) is 35.9 Å². The summed E-state index contributed by atoms with van der Waals surface area (Å²) in [6.45, 7) is 4.08. The van der Waals surface area contributed by atoms with Gasteiger partial charge in [-0.25, -0.2) is 4.79 Å². The van der Waals surface area contributed by atoms with E-state index in [2.05, 4.69) is 5.32 Å². The summed E-state index contributed by atoms with van der Waals surface area (Å²) < 4.78 is 10.7. The van der Waals surface area contributed by atoms with Crippen molar-refractivity contribution in [1.82, 2.24) is 5.32 Å². The van der Waals surface area contributed by atoms with Crippen molar-refractivity contribution in [3.8, 4) is 0 Å². The Balaban J connectivity index is 2.11. The van der Waals surface area contributed by atoms with Crippen LogP contribution in [-0.4, -0.2) is 43.5 Å². The summed E-state index contributed by atoms with van der Waals surface area (Å²) in [5.41, 5.74) is -0.344. The third-order valence-corrected chi connectivity index (χ3v) is 3.55. The summed E-state index contributed by atoms with van der Waals surface area (Å²) in [5, 5.41) is 12.8. The fraction of sp³-hybridized carbons (Fsp3) is 0.533. The first-order valence-electron chi connectivity index (χ1n) is 6.92. The molecule has 20 heavy (non-hydrogen) atoms. The zero-order valence-electron chi connectivity index (χ0n) is 11.7. The molecule has 1 aliphatic rings. The van der Waals surface area contributed by atoms with Crippen molar-refractivity contribution >= 4 is 5.97 Å². The molecule has 1 aromatic carbocycles. The van der Waals surface area contributed by atoms with E-state index in [1.165, 1.54) is 0 Å². The smallest absolute Gasteiger partial charge is 0.328 e. The maximum atomic E-state index is 11.8. The van der Waals surface area contributed by atoms with E-state index >= 15 is 0 Å². The van der Waals surface area contributed by atoms with Crippen LogP contribution in [0.1, 0.15) is 18.9 Å². The highest BCUT2D eigenvalue weighted by Crippen LogP contribution is 2.26. The molecule has 1 atom stereocenters. The lowest BCUT2D eigenvalue weighted by molar-refractivity contribution is -0.151. The minimum absolute atomic E-state index is 0.110. The molecule has 1 saturated heterocycles. The first-order chi connectivity index (χ1) is 9.69. The van der Waals surface area contributed by atoms with Gasteiger partial charge in [-0.2, -0.15) is 0 Å². The Bertz CT molecular complexity index is 433. The maximum Gasteiger partial charge on any atom is 0.328 e. The molecule has 0 aromatic heterocycles. The standard InChI is InChI=1S/C15H21NO4/c1-2-16-15(14(17)18,12-6-4-3-5-7-12)8-9-20-13-10-19-11-13/h3-7,13,16H,2,8-11H2,1H3,(H,17,18). The first kappa shape index (κ1) is 15.0. The summed E-state index contributed by atoms with van der Waals surface area (Å²) in [6.07, 6.45) is 0.496. The van der Waals surface area contributed by atoms with Gasteiger partial charge in [-0.15, -0.1) is 0 Å². The normalized spacial score (nSPS) is 18.2. The monoisotopic (exact) mass is 279 g/mol. The van der Waals surface area contributed by atoms with Crippen molar-refractivity contribution in [2.75, 3.05) is 26.4 Å². The van der Waals surface area contributed by atoms with Gasteiger partial charge in [-0.3, -0.25) is 5.32 Å². The lowest BCUT2D eigenvalue weighted by Crippen LogP contribution is -2.50. The second-order valence-corrected chi connectivity index (χ2v) is 4.89. The third kappa shape index (κ3) is 3.17. The fourth-order valence-corrected chi connectivity index (χ4v) is 2.35. The Labute approximate surface area is 118 Å². The van der Waals surface area contributed by atoms with E-state index in [1.807, 2.05) is 37.3 Å². The third-order valence-electron chi connectivity index (χ3n) is 3.55. The van der Waals surface area contributed by atoms with E-state index in [4.69, 9.17) is 9.47 Å². The van der Waals surface area contributed by atoms with Gasteiger partial charge in [0, 0.05) is 13.0 Å². The van der Waals surface area contributed by atoms with Crippen LogP contribution in [0.4, 0.5) is 0 Å².